The highest BCUT2D eigenvalue weighted by molar-refractivity contribution is 5.92. The van der Waals surface area contributed by atoms with Gasteiger partial charge in [-0.05, 0) is 24.7 Å². The normalized spacial score (nSPS) is 12.4. The Morgan fingerprint density at radius 1 is 1.55 bits per heavy atom. The maximum atomic E-state index is 11.9. The molecule has 6 nitrogen and oxygen atoms in total. The average molecular weight is 281 g/mol. The van der Waals surface area contributed by atoms with Crippen molar-refractivity contribution in [2.75, 3.05) is 39.2 Å². The van der Waals surface area contributed by atoms with Gasteiger partial charge in [0.2, 0.25) is 5.91 Å². The number of aliphatic hydroxyl groups excluding tert-OH is 1. The van der Waals surface area contributed by atoms with Gasteiger partial charge in [0.1, 0.15) is 0 Å². The third kappa shape index (κ3) is 6.12. The van der Waals surface area contributed by atoms with Crippen LogP contribution in [0.5, 0.6) is 0 Å². The van der Waals surface area contributed by atoms with E-state index >= 15 is 0 Å². The maximum Gasteiger partial charge on any atom is 0.238 e. The summed E-state index contributed by atoms with van der Waals surface area (Å²) >= 11 is 0. The summed E-state index contributed by atoms with van der Waals surface area (Å²) in [5, 5.41) is 12.4. The molecule has 0 bridgehead atoms. The first-order valence-corrected chi connectivity index (χ1v) is 6.49. The molecule has 0 fully saturated rings. The van der Waals surface area contributed by atoms with Gasteiger partial charge in [0, 0.05) is 25.9 Å². The first-order chi connectivity index (χ1) is 9.55. The van der Waals surface area contributed by atoms with Crippen molar-refractivity contribution in [3.63, 3.8) is 0 Å². The topological polar surface area (TPSA) is 87.8 Å². The van der Waals surface area contributed by atoms with Crippen molar-refractivity contribution in [1.29, 1.82) is 0 Å². The van der Waals surface area contributed by atoms with Crippen LogP contribution in [0.15, 0.2) is 24.3 Å². The van der Waals surface area contributed by atoms with Gasteiger partial charge in [-0.25, -0.2) is 0 Å². The summed E-state index contributed by atoms with van der Waals surface area (Å²) < 4.78 is 4.84. The number of anilines is 1. The molecule has 1 unspecified atom stereocenters. The summed E-state index contributed by atoms with van der Waals surface area (Å²) in [4.78, 5) is 13.6. The fourth-order valence-corrected chi connectivity index (χ4v) is 1.89. The number of hydrogen-bond donors (Lipinski definition) is 3. The van der Waals surface area contributed by atoms with Crippen molar-refractivity contribution in [2.24, 2.45) is 5.73 Å². The fraction of sp³-hybridized carbons (Fsp3) is 0.500. The van der Waals surface area contributed by atoms with Crippen LogP contribution in [0.3, 0.4) is 0 Å². The summed E-state index contributed by atoms with van der Waals surface area (Å²) in [5.74, 6) is -0.133. The zero-order chi connectivity index (χ0) is 15.0. The number of carbonyl (C=O) groups is 1. The molecule has 0 saturated heterocycles. The van der Waals surface area contributed by atoms with Gasteiger partial charge in [-0.2, -0.15) is 0 Å². The Balaban J connectivity index is 2.42. The second kappa shape index (κ2) is 8.65. The number of rotatable bonds is 8. The van der Waals surface area contributed by atoms with Gasteiger partial charge in [0.05, 0.1) is 19.3 Å². The molecule has 1 atom stereocenters. The number of nitrogens with one attached hydrogen (secondary N) is 1. The summed E-state index contributed by atoms with van der Waals surface area (Å²) in [5.41, 5.74) is 7.24. The molecule has 112 valence electrons. The van der Waals surface area contributed by atoms with Gasteiger partial charge < -0.3 is 20.9 Å². The van der Waals surface area contributed by atoms with Crippen LogP contribution in [0.4, 0.5) is 5.69 Å². The number of carbonyl (C=O) groups excluding carboxylic acids is 1. The minimum atomic E-state index is -0.599. The van der Waals surface area contributed by atoms with Crippen LogP contribution in [-0.4, -0.2) is 55.9 Å². The highest BCUT2D eigenvalue weighted by Crippen LogP contribution is 2.10. The number of methoxy groups -OCH3 is 1. The lowest BCUT2D eigenvalue weighted by molar-refractivity contribution is -0.117. The van der Waals surface area contributed by atoms with E-state index in [2.05, 4.69) is 5.32 Å². The van der Waals surface area contributed by atoms with Crippen molar-refractivity contribution in [3.8, 4) is 0 Å². The maximum absolute atomic E-state index is 11.9. The zero-order valence-corrected chi connectivity index (χ0v) is 12.0. The van der Waals surface area contributed by atoms with E-state index in [0.29, 0.717) is 13.1 Å². The molecule has 0 aromatic heterocycles. The Kier molecular flexibility index (Phi) is 7.17. The van der Waals surface area contributed by atoms with Crippen LogP contribution in [0.2, 0.25) is 0 Å². The van der Waals surface area contributed by atoms with E-state index in [4.69, 9.17) is 10.5 Å². The number of ether oxygens (including phenoxy) is 1. The molecule has 0 saturated carbocycles. The molecule has 0 heterocycles. The number of amides is 1. The van der Waals surface area contributed by atoms with Gasteiger partial charge in [0.25, 0.3) is 0 Å². The van der Waals surface area contributed by atoms with Crippen molar-refractivity contribution in [3.05, 3.63) is 29.8 Å². The van der Waals surface area contributed by atoms with E-state index in [1.165, 1.54) is 7.11 Å². The van der Waals surface area contributed by atoms with E-state index in [-0.39, 0.29) is 19.1 Å². The van der Waals surface area contributed by atoms with Crippen LogP contribution >= 0.6 is 0 Å². The Bertz CT molecular complexity index is 426. The molecular formula is C14H23N3O3. The van der Waals surface area contributed by atoms with Gasteiger partial charge in [0.15, 0.2) is 0 Å². The first-order valence-electron chi connectivity index (χ1n) is 6.49. The van der Waals surface area contributed by atoms with E-state index < -0.39 is 6.10 Å². The van der Waals surface area contributed by atoms with E-state index in [0.717, 1.165) is 11.3 Å². The third-order valence-electron chi connectivity index (χ3n) is 2.74. The summed E-state index contributed by atoms with van der Waals surface area (Å²) in [6.45, 7) is 1.27. The average Bonchev–Trinajstić information content (AvgIpc) is 2.38. The van der Waals surface area contributed by atoms with Gasteiger partial charge >= 0.3 is 0 Å². The smallest absolute Gasteiger partial charge is 0.238 e. The first kappa shape index (κ1) is 16.6. The van der Waals surface area contributed by atoms with E-state index in [9.17, 15) is 9.90 Å². The molecular weight excluding hydrogens is 258 g/mol. The Morgan fingerprint density at radius 2 is 2.30 bits per heavy atom. The van der Waals surface area contributed by atoms with Crippen LogP contribution in [-0.2, 0) is 16.1 Å². The second-order valence-corrected chi connectivity index (χ2v) is 4.76. The Hall–Kier alpha value is -1.47. The fourth-order valence-electron chi connectivity index (χ4n) is 1.89. The number of hydrogen-bond acceptors (Lipinski definition) is 5. The molecule has 0 aliphatic rings. The van der Waals surface area contributed by atoms with Crippen LogP contribution in [0.1, 0.15) is 5.56 Å². The molecule has 20 heavy (non-hydrogen) atoms. The molecule has 0 aliphatic carbocycles. The number of nitrogens with zero attached hydrogens (tertiary/aromatic N) is 1. The predicted octanol–water partition coefficient (Wildman–Crippen LogP) is 0.0229. The zero-order valence-electron chi connectivity index (χ0n) is 12.0. The highest BCUT2D eigenvalue weighted by Gasteiger charge is 2.11. The summed E-state index contributed by atoms with van der Waals surface area (Å²) in [6, 6.07) is 7.42. The minimum absolute atomic E-state index is 0.133. The molecule has 1 amide bonds. The Labute approximate surface area is 119 Å². The number of likely N-dealkylation sites (N-methyl/N-ethyl adjacent to an activating group) is 1. The van der Waals surface area contributed by atoms with Gasteiger partial charge in [-0.1, -0.05) is 12.1 Å². The molecule has 1 rings (SSSR count). The third-order valence-corrected chi connectivity index (χ3v) is 2.74. The molecule has 1 aromatic rings. The molecule has 0 aliphatic heterocycles. The predicted molar refractivity (Wildman–Crippen MR) is 78.3 cm³/mol. The second-order valence-electron chi connectivity index (χ2n) is 4.76. The van der Waals surface area contributed by atoms with Crippen molar-refractivity contribution >= 4 is 11.6 Å². The lowest BCUT2D eigenvalue weighted by atomic mass is 10.2. The highest BCUT2D eigenvalue weighted by atomic mass is 16.5. The van der Waals surface area contributed by atoms with E-state index in [1.807, 2.05) is 24.3 Å². The summed E-state index contributed by atoms with van der Waals surface area (Å²) in [6.07, 6.45) is -0.599. The Morgan fingerprint density at radius 3 is 2.95 bits per heavy atom. The molecule has 4 N–H and O–H groups in total. The largest absolute Gasteiger partial charge is 0.389 e. The molecule has 6 heteroatoms. The van der Waals surface area contributed by atoms with Crippen LogP contribution < -0.4 is 11.1 Å². The molecule has 0 radical (unpaired) electrons. The molecule has 1 aromatic carbocycles. The van der Waals surface area contributed by atoms with Crippen molar-refractivity contribution in [1.82, 2.24) is 4.90 Å². The van der Waals surface area contributed by atoms with E-state index in [1.54, 1.807) is 11.9 Å². The standard InChI is InChI=1S/C14H23N3O3/c1-17(8-13(18)10-20-2)9-14(19)16-12-5-3-4-11(6-12)7-15/h3-6,13,18H,7-10,15H2,1-2H3,(H,16,19). The van der Waals surface area contributed by atoms with Gasteiger partial charge in [-0.15, -0.1) is 0 Å². The molecule has 0 spiro atoms. The number of nitrogens with two attached hydrogens (primary N) is 1. The van der Waals surface area contributed by atoms with Crippen molar-refractivity contribution in [2.45, 2.75) is 12.6 Å². The minimum Gasteiger partial charge on any atom is -0.389 e. The van der Waals surface area contributed by atoms with Gasteiger partial charge in [-0.3, -0.25) is 9.69 Å². The summed E-state index contributed by atoms with van der Waals surface area (Å²) in [7, 11) is 3.30. The van der Waals surface area contributed by atoms with Crippen LogP contribution in [0.25, 0.3) is 0 Å². The lowest BCUT2D eigenvalue weighted by Gasteiger charge is -2.19. The number of benzene rings is 1. The SMILES string of the molecule is COCC(O)CN(C)CC(=O)Nc1cccc(CN)c1. The monoisotopic (exact) mass is 281 g/mol. The lowest BCUT2D eigenvalue weighted by Crippen LogP contribution is -2.37. The number of aliphatic hydroxyl groups is 1. The van der Waals surface area contributed by atoms with Crippen molar-refractivity contribution < 1.29 is 14.6 Å². The quantitative estimate of drug-likeness (QED) is 0.625. The van der Waals surface area contributed by atoms with Crippen LogP contribution in [0, 0.1) is 0 Å².